The number of aryl methyl sites for hydroxylation is 1. The average molecular weight is 375 g/mol. The summed E-state index contributed by atoms with van der Waals surface area (Å²) in [4.78, 5) is 15.2. The second kappa shape index (κ2) is 6.00. The van der Waals surface area contributed by atoms with E-state index in [0.717, 1.165) is 32.4 Å². The molecule has 0 saturated carbocycles. The molecule has 2 aromatic heterocycles. The van der Waals surface area contributed by atoms with Gasteiger partial charge in [0.1, 0.15) is 6.33 Å². The number of fused-ring (bicyclic) bond motifs is 1. The topological polar surface area (TPSA) is 79.5 Å². The van der Waals surface area contributed by atoms with E-state index in [1.165, 1.54) is 6.33 Å². The Morgan fingerprint density at radius 3 is 2.87 bits per heavy atom. The van der Waals surface area contributed by atoms with Gasteiger partial charge in [-0.2, -0.15) is 5.10 Å². The van der Waals surface area contributed by atoms with Gasteiger partial charge in [-0.1, -0.05) is 12.1 Å². The number of nitrogens with one attached hydrogen (secondary N) is 1. The Labute approximate surface area is 141 Å². The molecule has 2 N–H and O–H groups in total. The van der Waals surface area contributed by atoms with Crippen molar-refractivity contribution >= 4 is 27.5 Å². The second-order valence-corrected chi connectivity index (χ2v) is 6.25. The molecule has 0 bridgehead atoms. The summed E-state index contributed by atoms with van der Waals surface area (Å²) in [7, 11) is 0. The lowest BCUT2D eigenvalue weighted by atomic mass is 9.98. The van der Waals surface area contributed by atoms with Gasteiger partial charge >= 0.3 is 6.09 Å². The lowest BCUT2D eigenvalue weighted by molar-refractivity contribution is 0.191. The zero-order valence-electron chi connectivity index (χ0n) is 12.6. The predicted octanol–water partition coefficient (Wildman–Crippen LogP) is 3.80. The Kier molecular flexibility index (Phi) is 4.04. The van der Waals surface area contributed by atoms with E-state index in [9.17, 15) is 4.79 Å². The summed E-state index contributed by atoms with van der Waals surface area (Å²) in [6.45, 7) is 3.79. The monoisotopic (exact) mass is 374 g/mol. The summed E-state index contributed by atoms with van der Waals surface area (Å²) in [5, 5.41) is 15.5. The molecule has 1 aromatic carbocycles. The first-order valence-corrected chi connectivity index (χ1v) is 7.84. The van der Waals surface area contributed by atoms with E-state index in [-0.39, 0.29) is 6.04 Å². The molecule has 0 aliphatic carbocycles. The highest BCUT2D eigenvalue weighted by Crippen LogP contribution is 2.28. The van der Waals surface area contributed by atoms with E-state index >= 15 is 0 Å². The van der Waals surface area contributed by atoms with Gasteiger partial charge in [0, 0.05) is 16.2 Å². The molecule has 0 radical (unpaired) electrons. The summed E-state index contributed by atoms with van der Waals surface area (Å²) in [6, 6.07) is 7.59. The van der Waals surface area contributed by atoms with Crippen LogP contribution in [0.4, 0.5) is 4.79 Å². The summed E-state index contributed by atoms with van der Waals surface area (Å²) in [5.41, 5.74) is 4.65. The summed E-state index contributed by atoms with van der Waals surface area (Å²) in [5.74, 6) is 0. The number of amides is 1. The third kappa shape index (κ3) is 3.05. The smallest absolute Gasteiger partial charge is 0.405 e. The van der Waals surface area contributed by atoms with Gasteiger partial charge in [0.05, 0.1) is 17.3 Å². The SMILES string of the molecule is Cc1cc(-c2ncnn3cc(Br)cc23)ccc1[C@@H](C)NC(=O)O. The largest absolute Gasteiger partial charge is 0.465 e. The molecule has 3 rings (SSSR count). The van der Waals surface area contributed by atoms with E-state index in [1.807, 2.05) is 44.3 Å². The maximum absolute atomic E-state index is 10.8. The Balaban J connectivity index is 2.04. The fourth-order valence-electron chi connectivity index (χ4n) is 2.69. The van der Waals surface area contributed by atoms with Gasteiger partial charge in [-0.3, -0.25) is 0 Å². The van der Waals surface area contributed by atoms with Crippen molar-refractivity contribution in [3.8, 4) is 11.3 Å². The molecule has 1 atom stereocenters. The van der Waals surface area contributed by atoms with Crippen LogP contribution in [0.2, 0.25) is 0 Å². The normalized spacial score (nSPS) is 12.3. The van der Waals surface area contributed by atoms with Crippen molar-refractivity contribution in [1.82, 2.24) is 19.9 Å². The fraction of sp³-hybridized carbons (Fsp3) is 0.188. The summed E-state index contributed by atoms with van der Waals surface area (Å²) in [6.07, 6.45) is 2.37. The van der Waals surface area contributed by atoms with E-state index in [0.29, 0.717) is 0 Å². The fourth-order valence-corrected chi connectivity index (χ4v) is 3.10. The lowest BCUT2D eigenvalue weighted by Gasteiger charge is -2.15. The van der Waals surface area contributed by atoms with Gasteiger partial charge < -0.3 is 10.4 Å². The number of hydrogen-bond donors (Lipinski definition) is 2. The van der Waals surface area contributed by atoms with Crippen LogP contribution in [-0.4, -0.2) is 25.8 Å². The van der Waals surface area contributed by atoms with Crippen molar-refractivity contribution in [1.29, 1.82) is 0 Å². The first-order chi connectivity index (χ1) is 11.0. The minimum absolute atomic E-state index is 0.269. The third-order valence-electron chi connectivity index (χ3n) is 3.72. The number of aromatic nitrogens is 3. The Bertz CT molecular complexity index is 891. The van der Waals surface area contributed by atoms with Crippen LogP contribution in [0.3, 0.4) is 0 Å². The first kappa shape index (κ1) is 15.5. The highest BCUT2D eigenvalue weighted by Gasteiger charge is 2.13. The third-order valence-corrected chi connectivity index (χ3v) is 4.16. The molecule has 23 heavy (non-hydrogen) atoms. The summed E-state index contributed by atoms with van der Waals surface area (Å²) < 4.78 is 2.71. The molecule has 118 valence electrons. The van der Waals surface area contributed by atoms with Crippen molar-refractivity contribution in [2.45, 2.75) is 19.9 Å². The minimum atomic E-state index is -1.03. The quantitative estimate of drug-likeness (QED) is 0.730. The number of rotatable bonds is 3. The van der Waals surface area contributed by atoms with E-state index in [2.05, 4.69) is 31.3 Å². The van der Waals surface area contributed by atoms with Gasteiger partial charge in [0.2, 0.25) is 0 Å². The number of nitrogens with zero attached hydrogens (tertiary/aromatic N) is 3. The maximum Gasteiger partial charge on any atom is 0.405 e. The van der Waals surface area contributed by atoms with Crippen LogP contribution >= 0.6 is 15.9 Å². The van der Waals surface area contributed by atoms with Gasteiger partial charge in [0.15, 0.2) is 0 Å². The molecule has 0 aliphatic rings. The molecule has 3 aromatic rings. The first-order valence-electron chi connectivity index (χ1n) is 7.05. The predicted molar refractivity (Wildman–Crippen MR) is 90.4 cm³/mol. The van der Waals surface area contributed by atoms with Crippen LogP contribution in [0, 0.1) is 6.92 Å². The molecular weight excluding hydrogens is 360 g/mol. The highest BCUT2D eigenvalue weighted by molar-refractivity contribution is 9.10. The van der Waals surface area contributed by atoms with Crippen molar-refractivity contribution in [3.63, 3.8) is 0 Å². The van der Waals surface area contributed by atoms with Crippen LogP contribution < -0.4 is 5.32 Å². The van der Waals surface area contributed by atoms with Crippen molar-refractivity contribution in [2.75, 3.05) is 0 Å². The van der Waals surface area contributed by atoms with E-state index in [1.54, 1.807) is 4.52 Å². The summed E-state index contributed by atoms with van der Waals surface area (Å²) >= 11 is 3.45. The van der Waals surface area contributed by atoms with Crippen LogP contribution in [0.15, 0.2) is 41.3 Å². The Morgan fingerprint density at radius 2 is 2.17 bits per heavy atom. The van der Waals surface area contributed by atoms with Crippen molar-refractivity contribution in [2.24, 2.45) is 0 Å². The lowest BCUT2D eigenvalue weighted by Crippen LogP contribution is -2.24. The zero-order valence-corrected chi connectivity index (χ0v) is 14.2. The molecular formula is C16H15BrN4O2. The van der Waals surface area contributed by atoms with Gasteiger partial charge in [-0.25, -0.2) is 14.3 Å². The molecule has 2 heterocycles. The standard InChI is InChI=1S/C16H15BrN4O2/c1-9-5-11(3-4-13(9)10(2)20-16(22)23)15-14-6-12(17)7-21(14)19-8-18-15/h3-8,10,20H,1-2H3,(H,22,23)/t10-/m1/s1. The maximum atomic E-state index is 10.8. The van der Waals surface area contributed by atoms with Crippen LogP contribution in [0.25, 0.3) is 16.8 Å². The van der Waals surface area contributed by atoms with Crippen molar-refractivity contribution < 1.29 is 9.90 Å². The molecule has 7 heteroatoms. The molecule has 0 saturated heterocycles. The van der Waals surface area contributed by atoms with Crippen LogP contribution in [0.5, 0.6) is 0 Å². The molecule has 0 fully saturated rings. The number of benzene rings is 1. The van der Waals surface area contributed by atoms with Crippen molar-refractivity contribution in [3.05, 3.63) is 52.4 Å². The second-order valence-electron chi connectivity index (χ2n) is 5.34. The van der Waals surface area contributed by atoms with Crippen LogP contribution in [0.1, 0.15) is 24.1 Å². The average Bonchev–Trinajstić information content (AvgIpc) is 2.86. The van der Waals surface area contributed by atoms with E-state index in [4.69, 9.17) is 5.11 Å². The van der Waals surface area contributed by atoms with Gasteiger partial charge in [0.25, 0.3) is 0 Å². The zero-order chi connectivity index (χ0) is 16.6. The molecule has 1 amide bonds. The highest BCUT2D eigenvalue weighted by atomic mass is 79.9. The molecule has 0 spiro atoms. The Morgan fingerprint density at radius 1 is 1.39 bits per heavy atom. The number of hydrogen-bond acceptors (Lipinski definition) is 3. The van der Waals surface area contributed by atoms with Gasteiger partial charge in [-0.05, 0) is 53.0 Å². The number of carboxylic acid groups (broad SMARTS) is 1. The number of carbonyl (C=O) groups is 1. The molecule has 6 nitrogen and oxygen atoms in total. The van der Waals surface area contributed by atoms with Gasteiger partial charge in [-0.15, -0.1) is 0 Å². The minimum Gasteiger partial charge on any atom is -0.465 e. The molecule has 0 unspecified atom stereocenters. The number of halogens is 1. The van der Waals surface area contributed by atoms with E-state index < -0.39 is 6.09 Å². The Hall–Kier alpha value is -2.41. The molecule has 0 aliphatic heterocycles. The van der Waals surface area contributed by atoms with Crippen LogP contribution in [-0.2, 0) is 0 Å².